The standard InChI is InChI=1S/C24H19Cl2F3N2O/c25-20-13-21(26)23(32)22-19(20)8-7-18(30-22)6-3-15-9-11-31(12-10-15)14-16-1-4-17(5-2-16)24(27,28)29/h1-9,13,32H,10-12,14H2. The molecule has 3 aromatic rings. The molecule has 8 heteroatoms. The van der Waals surface area contributed by atoms with E-state index in [4.69, 9.17) is 23.2 Å². The molecular formula is C24H19Cl2F3N2O. The summed E-state index contributed by atoms with van der Waals surface area (Å²) in [7, 11) is 0. The van der Waals surface area contributed by atoms with Gasteiger partial charge in [0, 0.05) is 25.0 Å². The number of rotatable bonds is 4. The summed E-state index contributed by atoms with van der Waals surface area (Å²) in [5.74, 6) is -0.0999. The van der Waals surface area contributed by atoms with Gasteiger partial charge >= 0.3 is 6.18 Å². The lowest BCUT2D eigenvalue weighted by Gasteiger charge is -2.25. The third-order valence-corrected chi connectivity index (χ3v) is 5.96. The number of nitrogens with zero attached hydrogens (tertiary/aromatic N) is 2. The molecule has 0 unspecified atom stereocenters. The minimum Gasteiger partial charge on any atom is -0.504 e. The molecule has 0 saturated carbocycles. The molecule has 0 amide bonds. The minimum absolute atomic E-state index is 0.0999. The van der Waals surface area contributed by atoms with E-state index in [0.717, 1.165) is 36.2 Å². The fourth-order valence-corrected chi connectivity index (χ4v) is 4.10. The van der Waals surface area contributed by atoms with Gasteiger partial charge in [0.15, 0.2) is 5.75 Å². The van der Waals surface area contributed by atoms with Crippen LogP contribution in [0.5, 0.6) is 5.75 Å². The van der Waals surface area contributed by atoms with Crippen molar-refractivity contribution in [2.75, 3.05) is 13.1 Å². The summed E-state index contributed by atoms with van der Waals surface area (Å²) < 4.78 is 38.1. The fraction of sp³-hybridized carbons (Fsp3) is 0.208. The van der Waals surface area contributed by atoms with Crippen molar-refractivity contribution in [3.63, 3.8) is 0 Å². The van der Waals surface area contributed by atoms with Crippen molar-refractivity contribution in [3.8, 4) is 5.75 Å². The van der Waals surface area contributed by atoms with E-state index in [2.05, 4.69) is 16.0 Å². The van der Waals surface area contributed by atoms with Crippen molar-refractivity contribution in [2.45, 2.75) is 19.1 Å². The second-order valence-corrected chi connectivity index (χ2v) is 8.43. The van der Waals surface area contributed by atoms with Gasteiger partial charge < -0.3 is 5.11 Å². The van der Waals surface area contributed by atoms with E-state index in [0.29, 0.717) is 34.7 Å². The maximum atomic E-state index is 12.7. The van der Waals surface area contributed by atoms with Crippen molar-refractivity contribution >= 4 is 40.2 Å². The van der Waals surface area contributed by atoms with Crippen molar-refractivity contribution in [1.29, 1.82) is 0 Å². The Morgan fingerprint density at radius 3 is 2.44 bits per heavy atom. The Bertz CT molecular complexity index is 1200. The van der Waals surface area contributed by atoms with E-state index in [9.17, 15) is 18.3 Å². The summed E-state index contributed by atoms with van der Waals surface area (Å²) in [6.45, 7) is 2.10. The lowest BCUT2D eigenvalue weighted by Crippen LogP contribution is -2.28. The monoisotopic (exact) mass is 478 g/mol. The van der Waals surface area contributed by atoms with Crippen LogP contribution in [0.4, 0.5) is 13.2 Å². The quantitative estimate of drug-likeness (QED) is 0.433. The largest absolute Gasteiger partial charge is 0.504 e. The van der Waals surface area contributed by atoms with E-state index in [1.807, 2.05) is 18.2 Å². The molecule has 0 radical (unpaired) electrons. The molecule has 1 aliphatic rings. The van der Waals surface area contributed by atoms with Gasteiger partial charge in [-0.05, 0) is 54.0 Å². The number of benzene rings is 2. The molecule has 1 N–H and O–H groups in total. The summed E-state index contributed by atoms with van der Waals surface area (Å²) in [6, 6.07) is 10.4. The van der Waals surface area contributed by atoms with Crippen molar-refractivity contribution in [3.05, 3.63) is 87.1 Å². The van der Waals surface area contributed by atoms with Crippen LogP contribution in [0.25, 0.3) is 17.0 Å². The average molecular weight is 479 g/mol. The number of hydrogen-bond acceptors (Lipinski definition) is 3. The van der Waals surface area contributed by atoms with Crippen LogP contribution in [0.3, 0.4) is 0 Å². The predicted octanol–water partition coefficient (Wildman–Crippen LogP) is 7.11. The molecule has 0 saturated heterocycles. The normalized spacial score (nSPS) is 15.5. The zero-order chi connectivity index (χ0) is 22.9. The van der Waals surface area contributed by atoms with Crippen LogP contribution >= 0.6 is 23.2 Å². The number of alkyl halides is 3. The highest BCUT2D eigenvalue weighted by Crippen LogP contribution is 2.36. The van der Waals surface area contributed by atoms with Crippen LogP contribution in [0.15, 0.2) is 60.2 Å². The van der Waals surface area contributed by atoms with Crippen LogP contribution in [0.1, 0.15) is 23.2 Å². The molecule has 1 aromatic heterocycles. The van der Waals surface area contributed by atoms with Crippen molar-refractivity contribution in [1.82, 2.24) is 9.88 Å². The molecule has 166 valence electrons. The Hall–Kier alpha value is -2.54. The van der Waals surface area contributed by atoms with E-state index in [-0.39, 0.29) is 10.8 Å². The van der Waals surface area contributed by atoms with Crippen LogP contribution in [-0.4, -0.2) is 28.1 Å². The van der Waals surface area contributed by atoms with Gasteiger partial charge in [-0.3, -0.25) is 4.90 Å². The zero-order valence-corrected chi connectivity index (χ0v) is 18.3. The molecule has 0 atom stereocenters. The number of hydrogen-bond donors (Lipinski definition) is 1. The third kappa shape index (κ3) is 5.09. The number of fused-ring (bicyclic) bond motifs is 1. The highest BCUT2D eigenvalue weighted by Gasteiger charge is 2.30. The Balaban J connectivity index is 1.41. The first-order chi connectivity index (χ1) is 15.2. The molecule has 0 aliphatic carbocycles. The topological polar surface area (TPSA) is 36.4 Å². The summed E-state index contributed by atoms with van der Waals surface area (Å²) in [5, 5.41) is 11.4. The summed E-state index contributed by atoms with van der Waals surface area (Å²) in [6.07, 6.45) is 2.44. The summed E-state index contributed by atoms with van der Waals surface area (Å²) in [5.41, 5.74) is 2.38. The number of phenols is 1. The van der Waals surface area contributed by atoms with E-state index >= 15 is 0 Å². The molecule has 3 nitrogen and oxygen atoms in total. The molecule has 0 spiro atoms. The molecule has 1 aliphatic heterocycles. The lowest BCUT2D eigenvalue weighted by molar-refractivity contribution is -0.137. The van der Waals surface area contributed by atoms with E-state index < -0.39 is 11.7 Å². The van der Waals surface area contributed by atoms with Gasteiger partial charge in [0.2, 0.25) is 0 Å². The Labute approximate surface area is 193 Å². The van der Waals surface area contributed by atoms with Gasteiger partial charge in [-0.15, -0.1) is 0 Å². The highest BCUT2D eigenvalue weighted by molar-refractivity contribution is 6.39. The first kappa shape index (κ1) is 22.6. The van der Waals surface area contributed by atoms with Gasteiger partial charge in [-0.25, -0.2) is 4.98 Å². The first-order valence-electron chi connectivity index (χ1n) is 9.94. The zero-order valence-electron chi connectivity index (χ0n) is 16.8. The number of aromatic hydroxyl groups is 1. The molecule has 2 aromatic carbocycles. The second kappa shape index (κ2) is 9.14. The molecule has 4 rings (SSSR count). The number of aromatic nitrogens is 1. The van der Waals surface area contributed by atoms with Crippen LogP contribution < -0.4 is 0 Å². The molecule has 32 heavy (non-hydrogen) atoms. The predicted molar refractivity (Wildman–Crippen MR) is 122 cm³/mol. The van der Waals surface area contributed by atoms with Crippen LogP contribution in [0, 0.1) is 0 Å². The number of phenolic OH excluding ortho intramolecular Hbond substituents is 1. The fourth-order valence-electron chi connectivity index (χ4n) is 3.58. The van der Waals surface area contributed by atoms with Crippen LogP contribution in [-0.2, 0) is 12.7 Å². The Kier molecular flexibility index (Phi) is 6.47. The minimum atomic E-state index is -4.31. The van der Waals surface area contributed by atoms with Crippen LogP contribution in [0.2, 0.25) is 10.0 Å². The first-order valence-corrected chi connectivity index (χ1v) is 10.7. The summed E-state index contributed by atoms with van der Waals surface area (Å²) in [4.78, 5) is 6.63. The Morgan fingerprint density at radius 2 is 1.78 bits per heavy atom. The molecule has 0 fully saturated rings. The van der Waals surface area contributed by atoms with Gasteiger partial charge in [0.25, 0.3) is 0 Å². The lowest BCUT2D eigenvalue weighted by atomic mass is 10.1. The van der Waals surface area contributed by atoms with Gasteiger partial charge in [0.1, 0.15) is 5.52 Å². The van der Waals surface area contributed by atoms with Gasteiger partial charge in [-0.1, -0.05) is 47.5 Å². The number of allylic oxidation sites excluding steroid dienone is 1. The molecule has 2 heterocycles. The van der Waals surface area contributed by atoms with Crippen molar-refractivity contribution in [2.24, 2.45) is 0 Å². The van der Waals surface area contributed by atoms with Gasteiger partial charge in [0.05, 0.1) is 21.3 Å². The van der Waals surface area contributed by atoms with E-state index in [1.54, 1.807) is 6.07 Å². The third-order valence-electron chi connectivity index (χ3n) is 5.36. The van der Waals surface area contributed by atoms with E-state index in [1.165, 1.54) is 18.2 Å². The number of halogens is 5. The Morgan fingerprint density at radius 1 is 1.03 bits per heavy atom. The SMILES string of the molecule is Oc1c(Cl)cc(Cl)c2ccc(C=CC3=CCN(Cc4ccc(C(F)(F)F)cc4)CC3)nc12. The maximum absolute atomic E-state index is 12.7. The number of pyridine rings is 1. The average Bonchev–Trinajstić information content (AvgIpc) is 2.77. The van der Waals surface area contributed by atoms with Gasteiger partial charge in [-0.2, -0.15) is 13.2 Å². The summed E-state index contributed by atoms with van der Waals surface area (Å²) >= 11 is 12.2. The second-order valence-electron chi connectivity index (χ2n) is 7.61. The maximum Gasteiger partial charge on any atom is 0.416 e. The highest BCUT2D eigenvalue weighted by atomic mass is 35.5. The smallest absolute Gasteiger partial charge is 0.416 e. The molecule has 0 bridgehead atoms. The van der Waals surface area contributed by atoms with Crippen molar-refractivity contribution < 1.29 is 18.3 Å². The molecular weight excluding hydrogens is 460 g/mol.